The Morgan fingerprint density at radius 1 is 1.06 bits per heavy atom. The van der Waals surface area contributed by atoms with E-state index in [1.165, 1.54) is 5.56 Å². The van der Waals surface area contributed by atoms with E-state index in [2.05, 4.69) is 19.9 Å². The second-order valence-electron chi connectivity index (χ2n) is 8.56. The van der Waals surface area contributed by atoms with Gasteiger partial charge in [-0.05, 0) is 42.0 Å². The maximum Gasteiger partial charge on any atom is 0.336 e. The first-order chi connectivity index (χ1) is 15.3. The number of thioether (sulfide) groups is 1. The van der Waals surface area contributed by atoms with Crippen LogP contribution in [0.2, 0.25) is 0 Å². The third kappa shape index (κ3) is 4.17. The molecule has 1 heterocycles. The highest BCUT2D eigenvalue weighted by atomic mass is 32.2. The molecule has 164 valence electrons. The fraction of sp³-hybridized carbons (Fsp3) is 0.259. The quantitative estimate of drug-likeness (QED) is 0.436. The summed E-state index contributed by atoms with van der Waals surface area (Å²) in [6.07, 6.45) is 0.766. The lowest BCUT2D eigenvalue weighted by Gasteiger charge is -2.38. The SMILES string of the molecule is CCOc1ccc2c(c1)SC(c1cccc(C(=O)c3ccccc3)c1C(=O)O)CC2(C)C. The van der Waals surface area contributed by atoms with Crippen LogP contribution in [0.3, 0.4) is 0 Å². The van der Waals surface area contributed by atoms with Crippen molar-refractivity contribution in [3.63, 3.8) is 0 Å². The second kappa shape index (κ2) is 8.83. The van der Waals surface area contributed by atoms with E-state index in [0.29, 0.717) is 17.7 Å². The monoisotopic (exact) mass is 446 g/mol. The zero-order valence-corrected chi connectivity index (χ0v) is 19.2. The lowest BCUT2D eigenvalue weighted by atomic mass is 9.78. The normalized spacial score (nSPS) is 16.8. The molecule has 0 radical (unpaired) electrons. The van der Waals surface area contributed by atoms with Crippen LogP contribution in [0.1, 0.15) is 69.8 Å². The van der Waals surface area contributed by atoms with Crippen LogP contribution in [-0.4, -0.2) is 23.5 Å². The van der Waals surface area contributed by atoms with E-state index >= 15 is 0 Å². The number of rotatable bonds is 6. The number of hydrogen-bond donors (Lipinski definition) is 1. The van der Waals surface area contributed by atoms with Gasteiger partial charge in [-0.25, -0.2) is 4.79 Å². The zero-order valence-electron chi connectivity index (χ0n) is 18.4. The van der Waals surface area contributed by atoms with E-state index in [4.69, 9.17) is 4.74 Å². The maximum atomic E-state index is 13.2. The van der Waals surface area contributed by atoms with Crippen LogP contribution in [0.25, 0.3) is 0 Å². The van der Waals surface area contributed by atoms with Crippen molar-refractivity contribution in [2.45, 2.75) is 42.8 Å². The molecule has 1 unspecified atom stereocenters. The van der Waals surface area contributed by atoms with Crippen molar-refractivity contribution in [2.24, 2.45) is 0 Å². The molecule has 4 rings (SSSR count). The molecule has 1 aliphatic heterocycles. The molecule has 0 aromatic heterocycles. The topological polar surface area (TPSA) is 63.6 Å². The van der Waals surface area contributed by atoms with Gasteiger partial charge in [0.15, 0.2) is 5.78 Å². The number of ether oxygens (including phenoxy) is 1. The van der Waals surface area contributed by atoms with Gasteiger partial charge in [0.05, 0.1) is 12.2 Å². The highest BCUT2D eigenvalue weighted by Crippen LogP contribution is 2.53. The van der Waals surface area contributed by atoms with Crippen LogP contribution < -0.4 is 4.74 Å². The van der Waals surface area contributed by atoms with E-state index in [1.807, 2.05) is 31.2 Å². The Labute approximate surface area is 192 Å². The molecule has 0 fully saturated rings. The van der Waals surface area contributed by atoms with Gasteiger partial charge >= 0.3 is 5.97 Å². The molecule has 5 heteroatoms. The molecule has 32 heavy (non-hydrogen) atoms. The predicted octanol–water partition coefficient (Wildman–Crippen LogP) is 6.53. The molecule has 1 atom stereocenters. The van der Waals surface area contributed by atoms with Crippen molar-refractivity contribution < 1.29 is 19.4 Å². The van der Waals surface area contributed by atoms with Crippen LogP contribution in [0, 0.1) is 0 Å². The van der Waals surface area contributed by atoms with Gasteiger partial charge in [0.1, 0.15) is 5.75 Å². The van der Waals surface area contributed by atoms with Gasteiger partial charge in [0.25, 0.3) is 0 Å². The van der Waals surface area contributed by atoms with Crippen molar-refractivity contribution >= 4 is 23.5 Å². The summed E-state index contributed by atoms with van der Waals surface area (Å²) in [6, 6.07) is 20.2. The minimum atomic E-state index is -1.08. The standard InChI is InChI=1S/C27H26O4S/c1-4-31-18-13-14-21-22(15-18)32-23(16-27(21,2)3)19-11-8-12-20(24(19)26(29)30)25(28)17-9-6-5-7-10-17/h5-15,23H,4,16H2,1-3H3,(H,29,30). The third-order valence-electron chi connectivity index (χ3n) is 5.90. The second-order valence-corrected chi connectivity index (χ2v) is 9.80. The number of carboxylic acids is 1. The molecule has 0 saturated carbocycles. The molecule has 0 aliphatic carbocycles. The van der Waals surface area contributed by atoms with Crippen LogP contribution in [-0.2, 0) is 5.41 Å². The van der Waals surface area contributed by atoms with Crippen molar-refractivity contribution in [1.82, 2.24) is 0 Å². The number of hydrogen-bond acceptors (Lipinski definition) is 4. The molecule has 0 spiro atoms. The molecule has 1 N–H and O–H groups in total. The Balaban J connectivity index is 1.79. The number of aromatic carboxylic acids is 1. The van der Waals surface area contributed by atoms with Crippen LogP contribution in [0.4, 0.5) is 0 Å². The van der Waals surface area contributed by atoms with Crippen molar-refractivity contribution in [3.8, 4) is 5.75 Å². The number of ketones is 1. The predicted molar refractivity (Wildman–Crippen MR) is 127 cm³/mol. The number of benzene rings is 3. The van der Waals surface area contributed by atoms with Crippen LogP contribution in [0.15, 0.2) is 71.6 Å². The van der Waals surface area contributed by atoms with E-state index in [9.17, 15) is 14.7 Å². The summed E-state index contributed by atoms with van der Waals surface area (Å²) in [7, 11) is 0. The molecular formula is C27H26O4S. The highest BCUT2D eigenvalue weighted by Gasteiger charge is 2.37. The Hall–Kier alpha value is -3.05. The summed E-state index contributed by atoms with van der Waals surface area (Å²) in [6.45, 7) is 6.90. The molecular weight excluding hydrogens is 420 g/mol. The zero-order chi connectivity index (χ0) is 22.9. The van der Waals surface area contributed by atoms with E-state index in [1.54, 1.807) is 48.2 Å². The summed E-state index contributed by atoms with van der Waals surface area (Å²) in [5.41, 5.74) is 2.58. The molecule has 0 bridgehead atoms. The van der Waals surface area contributed by atoms with Gasteiger partial charge in [-0.15, -0.1) is 11.8 Å². The van der Waals surface area contributed by atoms with E-state index in [0.717, 1.165) is 17.1 Å². The minimum absolute atomic E-state index is 0.0935. The lowest BCUT2D eigenvalue weighted by Crippen LogP contribution is -2.26. The summed E-state index contributed by atoms with van der Waals surface area (Å²) in [4.78, 5) is 26.6. The number of carboxylic acid groups (broad SMARTS) is 1. The molecule has 1 aliphatic rings. The molecule has 0 saturated heterocycles. The summed E-state index contributed by atoms with van der Waals surface area (Å²) >= 11 is 1.65. The van der Waals surface area contributed by atoms with Gasteiger partial charge in [-0.2, -0.15) is 0 Å². The first-order valence-electron chi connectivity index (χ1n) is 10.7. The minimum Gasteiger partial charge on any atom is -0.494 e. The number of fused-ring (bicyclic) bond motifs is 1. The van der Waals surface area contributed by atoms with E-state index in [-0.39, 0.29) is 27.6 Å². The Bertz CT molecular complexity index is 1170. The highest BCUT2D eigenvalue weighted by molar-refractivity contribution is 7.99. The summed E-state index contributed by atoms with van der Waals surface area (Å²) < 4.78 is 5.69. The molecule has 4 nitrogen and oxygen atoms in total. The fourth-order valence-electron chi connectivity index (χ4n) is 4.37. The Kier molecular flexibility index (Phi) is 6.11. The Morgan fingerprint density at radius 3 is 2.50 bits per heavy atom. The van der Waals surface area contributed by atoms with Crippen LogP contribution in [0.5, 0.6) is 5.75 Å². The third-order valence-corrected chi connectivity index (χ3v) is 7.19. The first kappa shape index (κ1) is 22.2. The average molecular weight is 447 g/mol. The number of carbonyl (C=O) groups is 2. The van der Waals surface area contributed by atoms with Crippen molar-refractivity contribution in [1.29, 1.82) is 0 Å². The van der Waals surface area contributed by atoms with E-state index < -0.39 is 5.97 Å². The van der Waals surface area contributed by atoms with Crippen molar-refractivity contribution in [3.05, 3.63) is 94.5 Å². The summed E-state index contributed by atoms with van der Waals surface area (Å²) in [5.74, 6) is -0.544. The van der Waals surface area contributed by atoms with Gasteiger partial charge in [0, 0.05) is 21.3 Å². The molecule has 3 aromatic carbocycles. The molecule has 0 amide bonds. The summed E-state index contributed by atoms with van der Waals surface area (Å²) in [5, 5.41) is 10.0. The van der Waals surface area contributed by atoms with Crippen LogP contribution >= 0.6 is 11.8 Å². The Morgan fingerprint density at radius 2 is 1.81 bits per heavy atom. The van der Waals surface area contributed by atoms with Gasteiger partial charge in [-0.3, -0.25) is 4.79 Å². The lowest BCUT2D eigenvalue weighted by molar-refractivity contribution is 0.0691. The van der Waals surface area contributed by atoms with Gasteiger partial charge in [-0.1, -0.05) is 68.4 Å². The fourth-order valence-corrected chi connectivity index (χ4v) is 6.15. The van der Waals surface area contributed by atoms with Gasteiger partial charge in [0.2, 0.25) is 0 Å². The average Bonchev–Trinajstić information content (AvgIpc) is 2.78. The maximum absolute atomic E-state index is 13.2. The number of carbonyl (C=O) groups excluding carboxylic acids is 1. The van der Waals surface area contributed by atoms with Gasteiger partial charge < -0.3 is 9.84 Å². The largest absolute Gasteiger partial charge is 0.494 e. The first-order valence-corrected chi connectivity index (χ1v) is 11.6. The van der Waals surface area contributed by atoms with Crippen molar-refractivity contribution in [2.75, 3.05) is 6.61 Å². The molecule has 3 aromatic rings. The smallest absolute Gasteiger partial charge is 0.336 e.